The molecular weight excluding hydrogens is 378 g/mol. The number of carbonyl (C=O) groups is 1. The average Bonchev–Trinajstić information content (AvgIpc) is 2.70. The molecule has 0 aliphatic heterocycles. The number of amides is 1. The first kappa shape index (κ1) is 19.4. The lowest BCUT2D eigenvalue weighted by Crippen LogP contribution is -2.23. The number of anilines is 1. The molecule has 0 bridgehead atoms. The molecule has 1 N–H and O–H groups in total. The van der Waals surface area contributed by atoms with Crippen LogP contribution >= 0.6 is 0 Å². The molecule has 0 radical (unpaired) electrons. The van der Waals surface area contributed by atoms with Gasteiger partial charge in [0.2, 0.25) is 5.91 Å². The molecule has 3 aromatic rings. The van der Waals surface area contributed by atoms with Gasteiger partial charge in [-0.25, -0.2) is 8.42 Å². The van der Waals surface area contributed by atoms with E-state index < -0.39 is 21.5 Å². The third-order valence-corrected chi connectivity index (χ3v) is 5.50. The van der Waals surface area contributed by atoms with Gasteiger partial charge in [0.25, 0.3) is 0 Å². The van der Waals surface area contributed by atoms with Crippen LogP contribution in [-0.2, 0) is 14.6 Å². The molecule has 28 heavy (non-hydrogen) atoms. The van der Waals surface area contributed by atoms with E-state index in [9.17, 15) is 13.2 Å². The van der Waals surface area contributed by atoms with Crippen molar-refractivity contribution in [2.45, 2.75) is 4.90 Å². The molecule has 7 heteroatoms. The predicted octanol–water partition coefficient (Wildman–Crippen LogP) is 3.90. The molecule has 1 amide bonds. The number of para-hydroxylation sites is 3. The lowest BCUT2D eigenvalue weighted by molar-refractivity contribution is -0.113. The predicted molar refractivity (Wildman–Crippen MR) is 107 cm³/mol. The van der Waals surface area contributed by atoms with E-state index in [1.165, 1.54) is 31.4 Å². The summed E-state index contributed by atoms with van der Waals surface area (Å²) in [5.74, 6) is 0.230. The Hall–Kier alpha value is -3.32. The number of methoxy groups -OCH3 is 1. The van der Waals surface area contributed by atoms with Gasteiger partial charge in [0.15, 0.2) is 15.6 Å². The molecule has 0 saturated carbocycles. The fourth-order valence-electron chi connectivity index (χ4n) is 2.50. The van der Waals surface area contributed by atoms with Crippen molar-refractivity contribution in [3.05, 3.63) is 78.9 Å². The molecule has 3 rings (SSSR count). The Balaban J connectivity index is 1.72. The first-order chi connectivity index (χ1) is 13.5. The number of carbonyl (C=O) groups excluding carboxylic acids is 1. The van der Waals surface area contributed by atoms with Gasteiger partial charge in [0, 0.05) is 0 Å². The fraction of sp³-hybridized carbons (Fsp3) is 0.0952. The summed E-state index contributed by atoms with van der Waals surface area (Å²) in [6.45, 7) is 0. The zero-order valence-corrected chi connectivity index (χ0v) is 16.0. The largest absolute Gasteiger partial charge is 0.497 e. The molecule has 0 aliphatic rings. The van der Waals surface area contributed by atoms with Crippen molar-refractivity contribution in [3.8, 4) is 17.2 Å². The molecule has 6 nitrogen and oxygen atoms in total. The zero-order chi connectivity index (χ0) is 20.0. The van der Waals surface area contributed by atoms with E-state index in [0.717, 1.165) is 0 Å². The molecule has 0 aromatic heterocycles. The lowest BCUT2D eigenvalue weighted by atomic mass is 10.3. The summed E-state index contributed by atoms with van der Waals surface area (Å²) >= 11 is 0. The smallest absolute Gasteiger partial charge is 0.240 e. The number of hydrogen-bond acceptors (Lipinski definition) is 5. The Kier molecular flexibility index (Phi) is 5.96. The monoisotopic (exact) mass is 397 g/mol. The molecule has 144 valence electrons. The highest BCUT2D eigenvalue weighted by molar-refractivity contribution is 7.92. The SMILES string of the molecule is COc1ccc(S(=O)(=O)CC(=O)Nc2ccccc2Oc2ccccc2)cc1. The minimum Gasteiger partial charge on any atom is -0.497 e. The van der Waals surface area contributed by atoms with E-state index >= 15 is 0 Å². The van der Waals surface area contributed by atoms with Crippen molar-refractivity contribution < 1.29 is 22.7 Å². The zero-order valence-electron chi connectivity index (χ0n) is 15.2. The summed E-state index contributed by atoms with van der Waals surface area (Å²) in [6.07, 6.45) is 0. The average molecular weight is 397 g/mol. The van der Waals surface area contributed by atoms with Crippen LogP contribution in [0.15, 0.2) is 83.8 Å². The van der Waals surface area contributed by atoms with Gasteiger partial charge in [-0.15, -0.1) is 0 Å². The van der Waals surface area contributed by atoms with Gasteiger partial charge in [-0.1, -0.05) is 30.3 Å². The van der Waals surface area contributed by atoms with Crippen molar-refractivity contribution in [3.63, 3.8) is 0 Å². The second-order valence-electron chi connectivity index (χ2n) is 5.89. The third kappa shape index (κ3) is 4.89. The molecule has 3 aromatic carbocycles. The Bertz CT molecular complexity index is 1050. The van der Waals surface area contributed by atoms with E-state index in [0.29, 0.717) is 22.9 Å². The number of sulfone groups is 1. The van der Waals surface area contributed by atoms with Gasteiger partial charge in [0.1, 0.15) is 17.3 Å². The van der Waals surface area contributed by atoms with Gasteiger partial charge in [-0.2, -0.15) is 0 Å². The Morgan fingerprint density at radius 3 is 2.18 bits per heavy atom. The van der Waals surface area contributed by atoms with Crippen LogP contribution in [0.1, 0.15) is 0 Å². The summed E-state index contributed by atoms with van der Waals surface area (Å²) in [5.41, 5.74) is 0.390. The summed E-state index contributed by atoms with van der Waals surface area (Å²) in [5, 5.41) is 2.61. The minimum atomic E-state index is -3.78. The van der Waals surface area contributed by atoms with Gasteiger partial charge < -0.3 is 14.8 Å². The highest BCUT2D eigenvalue weighted by Crippen LogP contribution is 2.29. The van der Waals surface area contributed by atoms with Gasteiger partial charge in [-0.3, -0.25) is 4.79 Å². The molecule has 0 heterocycles. The van der Waals surface area contributed by atoms with Crippen LogP contribution in [0.2, 0.25) is 0 Å². The van der Waals surface area contributed by atoms with E-state index in [4.69, 9.17) is 9.47 Å². The molecule has 0 unspecified atom stereocenters. The third-order valence-electron chi connectivity index (χ3n) is 3.87. The summed E-state index contributed by atoms with van der Waals surface area (Å²) in [4.78, 5) is 12.4. The number of hydrogen-bond donors (Lipinski definition) is 1. The molecule has 0 spiro atoms. The van der Waals surface area contributed by atoms with Crippen LogP contribution in [0.3, 0.4) is 0 Å². The van der Waals surface area contributed by atoms with Crippen LogP contribution < -0.4 is 14.8 Å². The van der Waals surface area contributed by atoms with Crippen LogP contribution in [0.25, 0.3) is 0 Å². The quantitative estimate of drug-likeness (QED) is 0.654. The molecule has 0 fully saturated rings. The van der Waals surface area contributed by atoms with Crippen LogP contribution in [0, 0.1) is 0 Å². The molecule has 0 atom stereocenters. The molecule has 0 saturated heterocycles. The topological polar surface area (TPSA) is 81.7 Å². The molecular formula is C21H19NO5S. The second kappa shape index (κ2) is 8.58. The number of rotatable bonds is 7. The summed E-state index contributed by atoms with van der Waals surface area (Å²) in [6, 6.07) is 21.8. The Morgan fingerprint density at radius 1 is 0.857 bits per heavy atom. The van der Waals surface area contributed by atoms with Crippen molar-refractivity contribution in [1.29, 1.82) is 0 Å². The second-order valence-corrected chi connectivity index (χ2v) is 7.88. The summed E-state index contributed by atoms with van der Waals surface area (Å²) < 4.78 is 35.7. The maximum Gasteiger partial charge on any atom is 0.240 e. The standard InChI is InChI=1S/C21H19NO5S/c1-26-16-11-13-18(14-12-16)28(24,25)15-21(23)22-19-9-5-6-10-20(19)27-17-7-3-2-4-8-17/h2-14H,15H2,1H3,(H,22,23). The van der Waals surface area contributed by atoms with Crippen LogP contribution in [-0.4, -0.2) is 27.2 Å². The first-order valence-corrected chi connectivity index (χ1v) is 10.1. The van der Waals surface area contributed by atoms with Crippen molar-refractivity contribution in [1.82, 2.24) is 0 Å². The van der Waals surface area contributed by atoms with E-state index in [2.05, 4.69) is 5.32 Å². The number of nitrogens with one attached hydrogen (secondary N) is 1. The summed E-state index contributed by atoms with van der Waals surface area (Å²) in [7, 11) is -2.29. The highest BCUT2D eigenvalue weighted by Gasteiger charge is 2.20. The first-order valence-electron chi connectivity index (χ1n) is 8.46. The van der Waals surface area contributed by atoms with Crippen molar-refractivity contribution in [2.24, 2.45) is 0 Å². The maximum atomic E-state index is 12.5. The fourth-order valence-corrected chi connectivity index (χ4v) is 3.63. The Morgan fingerprint density at radius 2 is 1.50 bits per heavy atom. The van der Waals surface area contributed by atoms with E-state index in [1.807, 2.05) is 18.2 Å². The van der Waals surface area contributed by atoms with Gasteiger partial charge in [-0.05, 0) is 48.5 Å². The van der Waals surface area contributed by atoms with E-state index in [1.54, 1.807) is 36.4 Å². The van der Waals surface area contributed by atoms with Crippen LogP contribution in [0.5, 0.6) is 17.2 Å². The highest BCUT2D eigenvalue weighted by atomic mass is 32.2. The number of benzene rings is 3. The van der Waals surface area contributed by atoms with Crippen molar-refractivity contribution in [2.75, 3.05) is 18.2 Å². The molecule has 0 aliphatic carbocycles. The minimum absolute atomic E-state index is 0.0530. The van der Waals surface area contributed by atoms with Crippen LogP contribution in [0.4, 0.5) is 5.69 Å². The Labute approximate surface area is 163 Å². The number of ether oxygens (including phenoxy) is 2. The van der Waals surface area contributed by atoms with Gasteiger partial charge >= 0.3 is 0 Å². The maximum absolute atomic E-state index is 12.5. The van der Waals surface area contributed by atoms with E-state index in [-0.39, 0.29) is 4.90 Å². The van der Waals surface area contributed by atoms with Gasteiger partial charge in [0.05, 0.1) is 17.7 Å². The lowest BCUT2D eigenvalue weighted by Gasteiger charge is -2.12. The normalized spacial score (nSPS) is 10.9. The van der Waals surface area contributed by atoms with Crippen molar-refractivity contribution >= 4 is 21.4 Å².